The highest BCUT2D eigenvalue weighted by Crippen LogP contribution is 2.41. The number of rotatable bonds is 5. The van der Waals surface area contributed by atoms with Gasteiger partial charge in [0.1, 0.15) is 22.3 Å². The zero-order valence-corrected chi connectivity index (χ0v) is 24.4. The number of hydrogen-bond acceptors (Lipinski definition) is 3. The molecule has 0 spiro atoms. The smallest absolute Gasteiger partial charge is 0.135 e. The summed E-state index contributed by atoms with van der Waals surface area (Å²) in [6.07, 6.45) is 0. The van der Waals surface area contributed by atoms with E-state index >= 15 is 0 Å². The minimum absolute atomic E-state index is 0.879. The Morgan fingerprint density at radius 2 is 0.733 bits per heavy atom. The second-order valence-electron chi connectivity index (χ2n) is 11.4. The third-order valence-corrected chi connectivity index (χ3v) is 8.67. The largest absolute Gasteiger partial charge is 0.456 e. The Morgan fingerprint density at radius 3 is 1.31 bits per heavy atom. The number of hydrogen-bond donors (Lipinski definition) is 0. The van der Waals surface area contributed by atoms with Crippen molar-refractivity contribution in [3.8, 4) is 22.3 Å². The number of benzene rings is 7. The van der Waals surface area contributed by atoms with E-state index in [2.05, 4.69) is 144 Å². The highest BCUT2D eigenvalue weighted by molar-refractivity contribution is 6.08. The zero-order chi connectivity index (χ0) is 29.7. The van der Waals surface area contributed by atoms with Gasteiger partial charge in [0.05, 0.1) is 0 Å². The molecule has 0 aliphatic rings. The van der Waals surface area contributed by atoms with Crippen molar-refractivity contribution in [2.45, 2.75) is 0 Å². The van der Waals surface area contributed by atoms with Crippen molar-refractivity contribution in [1.82, 2.24) is 0 Å². The Bertz CT molecular complexity index is 2370. The highest BCUT2D eigenvalue weighted by Gasteiger charge is 2.18. The van der Waals surface area contributed by atoms with Crippen LogP contribution in [0.3, 0.4) is 0 Å². The van der Waals surface area contributed by atoms with E-state index in [9.17, 15) is 0 Å². The summed E-state index contributed by atoms with van der Waals surface area (Å²) < 4.78 is 12.3. The molecule has 7 aromatic carbocycles. The fraction of sp³-hybridized carbons (Fsp3) is 0. The van der Waals surface area contributed by atoms with Crippen LogP contribution in [0, 0.1) is 0 Å². The van der Waals surface area contributed by atoms with E-state index in [4.69, 9.17) is 8.83 Å². The average Bonchev–Trinajstić information content (AvgIpc) is 3.67. The summed E-state index contributed by atoms with van der Waals surface area (Å²) >= 11 is 0. The van der Waals surface area contributed by atoms with Crippen LogP contribution in [0.4, 0.5) is 17.1 Å². The van der Waals surface area contributed by atoms with Crippen LogP contribution < -0.4 is 4.90 Å². The molecule has 0 aliphatic carbocycles. The molecule has 0 bridgehead atoms. The lowest BCUT2D eigenvalue weighted by atomic mass is 9.99. The van der Waals surface area contributed by atoms with Gasteiger partial charge >= 0.3 is 0 Å². The molecular formula is C42H27NO2. The lowest BCUT2D eigenvalue weighted by Crippen LogP contribution is -2.09. The monoisotopic (exact) mass is 577 g/mol. The summed E-state index contributed by atoms with van der Waals surface area (Å²) in [5, 5.41) is 4.41. The molecule has 0 fully saturated rings. The highest BCUT2D eigenvalue weighted by atomic mass is 16.3. The third kappa shape index (κ3) is 4.37. The second-order valence-corrected chi connectivity index (χ2v) is 11.4. The van der Waals surface area contributed by atoms with Crippen molar-refractivity contribution in [2.24, 2.45) is 0 Å². The Kier molecular flexibility index (Phi) is 5.82. The molecule has 3 nitrogen and oxygen atoms in total. The minimum Gasteiger partial charge on any atom is -0.456 e. The van der Waals surface area contributed by atoms with E-state index in [0.29, 0.717) is 0 Å². The normalized spacial score (nSPS) is 11.6. The number of fused-ring (bicyclic) bond motifs is 6. The fourth-order valence-corrected chi connectivity index (χ4v) is 6.47. The van der Waals surface area contributed by atoms with Gasteiger partial charge in [0.25, 0.3) is 0 Å². The van der Waals surface area contributed by atoms with Crippen LogP contribution >= 0.6 is 0 Å². The van der Waals surface area contributed by atoms with Crippen molar-refractivity contribution in [1.29, 1.82) is 0 Å². The fourth-order valence-electron chi connectivity index (χ4n) is 6.47. The summed E-state index contributed by atoms with van der Waals surface area (Å²) in [5.74, 6) is 0. The molecule has 0 saturated carbocycles. The second kappa shape index (κ2) is 10.3. The topological polar surface area (TPSA) is 29.5 Å². The molecule has 2 aromatic heterocycles. The molecular weight excluding hydrogens is 550 g/mol. The summed E-state index contributed by atoms with van der Waals surface area (Å²) in [4.78, 5) is 2.31. The molecule has 0 amide bonds. The lowest BCUT2D eigenvalue weighted by molar-refractivity contribution is 0.668. The van der Waals surface area contributed by atoms with Crippen LogP contribution in [0.1, 0.15) is 0 Å². The molecule has 45 heavy (non-hydrogen) atoms. The maximum atomic E-state index is 6.17. The van der Waals surface area contributed by atoms with Gasteiger partial charge in [-0.3, -0.25) is 0 Å². The summed E-state index contributed by atoms with van der Waals surface area (Å²) in [6.45, 7) is 0. The molecule has 9 aromatic rings. The summed E-state index contributed by atoms with van der Waals surface area (Å²) in [5.41, 5.74) is 11.5. The first-order chi connectivity index (χ1) is 22.3. The van der Waals surface area contributed by atoms with Crippen LogP contribution in [0.15, 0.2) is 173 Å². The molecule has 212 valence electrons. The van der Waals surface area contributed by atoms with Crippen LogP contribution in [-0.4, -0.2) is 0 Å². The quantitative estimate of drug-likeness (QED) is 0.204. The van der Waals surface area contributed by atoms with Crippen molar-refractivity contribution in [3.05, 3.63) is 164 Å². The molecule has 0 atom stereocenters. The number of nitrogens with zero attached hydrogens (tertiary/aromatic N) is 1. The van der Waals surface area contributed by atoms with E-state index in [1.54, 1.807) is 0 Å². The third-order valence-electron chi connectivity index (χ3n) is 8.67. The molecule has 3 heteroatoms. The van der Waals surface area contributed by atoms with Gasteiger partial charge in [-0.1, -0.05) is 97.1 Å². The average molecular weight is 578 g/mol. The van der Waals surface area contributed by atoms with E-state index in [1.807, 2.05) is 24.3 Å². The Labute approximate surface area is 260 Å². The predicted molar refractivity (Wildman–Crippen MR) is 187 cm³/mol. The summed E-state index contributed by atoms with van der Waals surface area (Å²) in [6, 6.07) is 57.4. The van der Waals surface area contributed by atoms with Gasteiger partial charge in [-0.25, -0.2) is 0 Å². The van der Waals surface area contributed by atoms with E-state index in [1.165, 1.54) is 22.3 Å². The number of anilines is 3. The van der Waals surface area contributed by atoms with Crippen LogP contribution in [-0.2, 0) is 0 Å². The summed E-state index contributed by atoms with van der Waals surface area (Å²) in [7, 11) is 0. The van der Waals surface area contributed by atoms with Crippen molar-refractivity contribution >= 4 is 60.9 Å². The Hall–Kier alpha value is -6.06. The molecule has 2 heterocycles. The number of para-hydroxylation sites is 2. The zero-order valence-electron chi connectivity index (χ0n) is 24.4. The van der Waals surface area contributed by atoms with E-state index < -0.39 is 0 Å². The predicted octanol–water partition coefficient (Wildman–Crippen LogP) is 12.3. The molecule has 0 radical (unpaired) electrons. The Morgan fingerprint density at radius 1 is 0.289 bits per heavy atom. The first-order valence-corrected chi connectivity index (χ1v) is 15.2. The van der Waals surface area contributed by atoms with E-state index in [0.717, 1.165) is 60.9 Å². The Balaban J connectivity index is 1.19. The molecule has 0 N–H and O–H groups in total. The lowest BCUT2D eigenvalue weighted by Gasteiger charge is -2.26. The first-order valence-electron chi connectivity index (χ1n) is 15.2. The maximum Gasteiger partial charge on any atom is 0.135 e. The van der Waals surface area contributed by atoms with Gasteiger partial charge in [0, 0.05) is 38.6 Å². The SMILES string of the molecule is c1ccc(-c2cccc(-c3ccc(N(c4ccc5oc6ccccc6c5c4)c4ccc5oc6ccccc6c5c4)cc3)c2)cc1. The molecule has 9 rings (SSSR count). The maximum absolute atomic E-state index is 6.17. The minimum atomic E-state index is 0.879. The van der Waals surface area contributed by atoms with Crippen LogP contribution in [0.2, 0.25) is 0 Å². The van der Waals surface area contributed by atoms with Gasteiger partial charge in [-0.05, 0) is 89.0 Å². The van der Waals surface area contributed by atoms with Crippen molar-refractivity contribution < 1.29 is 8.83 Å². The van der Waals surface area contributed by atoms with Gasteiger partial charge in [0.15, 0.2) is 0 Å². The van der Waals surface area contributed by atoms with Crippen molar-refractivity contribution in [2.75, 3.05) is 4.90 Å². The van der Waals surface area contributed by atoms with Gasteiger partial charge in [-0.15, -0.1) is 0 Å². The molecule has 0 aliphatic heterocycles. The first kappa shape index (κ1) is 25.4. The van der Waals surface area contributed by atoms with Gasteiger partial charge in [-0.2, -0.15) is 0 Å². The van der Waals surface area contributed by atoms with E-state index in [-0.39, 0.29) is 0 Å². The van der Waals surface area contributed by atoms with Gasteiger partial charge < -0.3 is 13.7 Å². The van der Waals surface area contributed by atoms with Crippen LogP contribution in [0.5, 0.6) is 0 Å². The van der Waals surface area contributed by atoms with Crippen molar-refractivity contribution in [3.63, 3.8) is 0 Å². The standard InChI is InChI=1S/C42H27NO2/c1-2-9-28(10-3-1)30-11-8-12-31(25-30)29-17-19-32(20-18-29)43(33-21-23-41-37(26-33)35-13-4-6-15-39(35)44-41)34-22-24-42-38(27-34)36-14-5-7-16-40(36)45-42/h1-27H. The molecule has 0 saturated heterocycles. The van der Waals surface area contributed by atoms with Crippen LogP contribution in [0.25, 0.3) is 66.1 Å². The molecule has 0 unspecified atom stereocenters. The van der Waals surface area contributed by atoms with Gasteiger partial charge in [0.2, 0.25) is 0 Å². The number of furan rings is 2.